The van der Waals surface area contributed by atoms with Gasteiger partial charge in [0, 0.05) is 0 Å². The van der Waals surface area contributed by atoms with E-state index in [2.05, 4.69) is 27.2 Å². The van der Waals surface area contributed by atoms with Crippen molar-refractivity contribution in [1.82, 2.24) is 20.6 Å². The normalized spacial score (nSPS) is 7.80. The van der Waals surface area contributed by atoms with Gasteiger partial charge in [0.05, 0.1) is 0 Å². The van der Waals surface area contributed by atoms with Crippen LogP contribution >= 0.6 is 0 Å². The van der Waals surface area contributed by atoms with Gasteiger partial charge in [-0.2, -0.15) is 5.21 Å². The molecule has 5 heteroatoms. The molecule has 0 radical (unpaired) electrons. The molecule has 0 unspecified atom stereocenters. The van der Waals surface area contributed by atoms with E-state index in [1.807, 2.05) is 0 Å². The van der Waals surface area contributed by atoms with Crippen molar-refractivity contribution in [3.8, 4) is 0 Å². The lowest BCUT2D eigenvalue weighted by atomic mass is 10.6. The average Bonchev–Trinajstić information content (AvgIpc) is 2.15. The van der Waals surface area contributed by atoms with Crippen molar-refractivity contribution in [2.45, 2.75) is 13.8 Å². The Bertz CT molecular complexity index is 174. The molecule has 1 aromatic heterocycles. The molecule has 0 saturated heterocycles. The maximum absolute atomic E-state index is 4.92. The van der Waals surface area contributed by atoms with Gasteiger partial charge in [0.2, 0.25) is 0 Å². The van der Waals surface area contributed by atoms with Crippen LogP contribution in [0, 0.1) is 6.92 Å². The zero-order chi connectivity index (χ0) is 7.98. The van der Waals surface area contributed by atoms with Crippen LogP contribution in [0.1, 0.15) is 12.7 Å². The maximum Gasteiger partial charge on any atom is 0.171 e. The highest BCUT2D eigenvalue weighted by Crippen LogP contribution is 1.69. The first kappa shape index (κ1) is 8.61. The molecule has 1 heterocycles. The Morgan fingerprint density at radius 2 is 2.20 bits per heavy atom. The summed E-state index contributed by atoms with van der Waals surface area (Å²) in [7, 11) is 0. The third-order valence-corrected chi connectivity index (χ3v) is 0.451. The number of rotatable bonds is 0. The number of aryl methyl sites for hydroxylation is 1. The number of tetrazole rings is 1. The summed E-state index contributed by atoms with van der Waals surface area (Å²) in [6.07, 6.45) is 0. The fourth-order valence-electron chi connectivity index (χ4n) is 0.212. The fraction of sp³-hybridized carbons (Fsp3) is 0.400. The molecule has 1 rings (SSSR count). The number of H-pyrrole nitrogens is 1. The molecule has 0 aliphatic carbocycles. The van der Waals surface area contributed by atoms with Gasteiger partial charge < -0.3 is 5.73 Å². The maximum atomic E-state index is 4.92. The van der Waals surface area contributed by atoms with Gasteiger partial charge in [-0.05, 0) is 19.5 Å². The molecular formula is C5H11N5. The van der Waals surface area contributed by atoms with Gasteiger partial charge in [-0.1, -0.05) is 11.8 Å². The lowest BCUT2D eigenvalue weighted by Gasteiger charge is -1.69. The first-order valence-electron chi connectivity index (χ1n) is 2.74. The van der Waals surface area contributed by atoms with Crippen LogP contribution in [-0.2, 0) is 0 Å². The van der Waals surface area contributed by atoms with Gasteiger partial charge in [-0.3, -0.25) is 0 Å². The minimum Gasteiger partial charge on any atom is -0.403 e. The molecule has 10 heavy (non-hydrogen) atoms. The molecule has 0 amide bonds. The van der Waals surface area contributed by atoms with Crippen LogP contribution in [-0.4, -0.2) is 20.6 Å². The van der Waals surface area contributed by atoms with E-state index in [0.29, 0.717) is 11.5 Å². The summed E-state index contributed by atoms with van der Waals surface area (Å²) in [5.41, 5.74) is 5.58. The van der Waals surface area contributed by atoms with E-state index in [0.717, 1.165) is 0 Å². The average molecular weight is 141 g/mol. The van der Waals surface area contributed by atoms with E-state index in [9.17, 15) is 0 Å². The topological polar surface area (TPSA) is 80.5 Å². The fourth-order valence-corrected chi connectivity index (χ4v) is 0.212. The van der Waals surface area contributed by atoms with Crippen molar-refractivity contribution < 1.29 is 0 Å². The quantitative estimate of drug-likeness (QED) is 0.532. The summed E-state index contributed by atoms with van der Waals surface area (Å²) in [5, 5.41) is 12.7. The van der Waals surface area contributed by atoms with E-state index in [-0.39, 0.29) is 0 Å². The number of aromatic nitrogens is 4. The number of nitrogens with one attached hydrogen (secondary N) is 1. The number of hydrogen-bond donors (Lipinski definition) is 2. The highest BCUT2D eigenvalue weighted by molar-refractivity contribution is 4.76. The van der Waals surface area contributed by atoms with Gasteiger partial charge in [-0.15, -0.1) is 10.2 Å². The van der Waals surface area contributed by atoms with Crippen molar-refractivity contribution in [1.29, 1.82) is 0 Å². The van der Waals surface area contributed by atoms with Crippen LogP contribution in [0.4, 0.5) is 0 Å². The van der Waals surface area contributed by atoms with Crippen molar-refractivity contribution >= 4 is 0 Å². The number of nitrogens with two attached hydrogens (primary N) is 1. The van der Waals surface area contributed by atoms with Crippen LogP contribution in [0.3, 0.4) is 0 Å². The van der Waals surface area contributed by atoms with E-state index >= 15 is 0 Å². The van der Waals surface area contributed by atoms with E-state index in [4.69, 9.17) is 5.73 Å². The highest BCUT2D eigenvalue weighted by atomic mass is 15.5. The first-order chi connectivity index (χ1) is 4.63. The lowest BCUT2D eigenvalue weighted by molar-refractivity contribution is 0.881. The molecule has 0 spiro atoms. The van der Waals surface area contributed by atoms with Crippen LogP contribution < -0.4 is 5.73 Å². The molecule has 0 fully saturated rings. The smallest absolute Gasteiger partial charge is 0.171 e. The minimum atomic E-state index is 0.667. The van der Waals surface area contributed by atoms with Crippen molar-refractivity contribution in [2.75, 3.05) is 0 Å². The summed E-state index contributed by atoms with van der Waals surface area (Å²) in [6.45, 7) is 6.85. The van der Waals surface area contributed by atoms with E-state index in [1.165, 1.54) is 0 Å². The SMILES string of the molecule is C=C(C)N.Cc1nn[nH]n1. The van der Waals surface area contributed by atoms with Crippen LogP contribution in [0.5, 0.6) is 0 Å². The Morgan fingerprint density at radius 1 is 1.70 bits per heavy atom. The molecule has 0 aliphatic heterocycles. The number of hydrogen-bond acceptors (Lipinski definition) is 4. The summed E-state index contributed by atoms with van der Waals surface area (Å²) >= 11 is 0. The Morgan fingerprint density at radius 3 is 2.30 bits per heavy atom. The third-order valence-electron chi connectivity index (χ3n) is 0.451. The van der Waals surface area contributed by atoms with E-state index < -0.39 is 0 Å². The number of allylic oxidation sites excluding steroid dienone is 1. The standard InChI is InChI=1S/C3H7N.C2H4N4/c1-3(2)4;1-2-3-5-6-4-2/h1,4H2,2H3;1H3,(H,3,4,5,6). The predicted molar refractivity (Wildman–Crippen MR) is 37.9 cm³/mol. The second-order valence-electron chi connectivity index (χ2n) is 1.81. The Labute approximate surface area is 59.3 Å². The second-order valence-corrected chi connectivity index (χ2v) is 1.81. The van der Waals surface area contributed by atoms with Crippen molar-refractivity contribution in [3.63, 3.8) is 0 Å². The van der Waals surface area contributed by atoms with Crippen LogP contribution in [0.2, 0.25) is 0 Å². The minimum absolute atomic E-state index is 0.667. The Balaban J connectivity index is 0.000000180. The summed E-state index contributed by atoms with van der Waals surface area (Å²) in [4.78, 5) is 0. The van der Waals surface area contributed by atoms with Crippen molar-refractivity contribution in [2.24, 2.45) is 5.73 Å². The van der Waals surface area contributed by atoms with Crippen molar-refractivity contribution in [3.05, 3.63) is 18.1 Å². The molecule has 0 atom stereocenters. The molecule has 0 saturated carbocycles. The molecule has 0 aromatic carbocycles. The van der Waals surface area contributed by atoms with Gasteiger partial charge in [0.15, 0.2) is 5.82 Å². The summed E-state index contributed by atoms with van der Waals surface area (Å²) in [5.74, 6) is 0.676. The van der Waals surface area contributed by atoms with Gasteiger partial charge in [-0.25, -0.2) is 0 Å². The van der Waals surface area contributed by atoms with Gasteiger partial charge >= 0.3 is 0 Å². The largest absolute Gasteiger partial charge is 0.403 e. The first-order valence-corrected chi connectivity index (χ1v) is 2.74. The summed E-state index contributed by atoms with van der Waals surface area (Å²) < 4.78 is 0. The second kappa shape index (κ2) is 4.49. The third kappa shape index (κ3) is 6.61. The number of nitrogens with zero attached hydrogens (tertiary/aromatic N) is 3. The summed E-state index contributed by atoms with van der Waals surface area (Å²) in [6, 6.07) is 0. The molecule has 0 bridgehead atoms. The highest BCUT2D eigenvalue weighted by Gasteiger charge is 1.78. The zero-order valence-corrected chi connectivity index (χ0v) is 6.13. The monoisotopic (exact) mass is 141 g/mol. The molecule has 0 aliphatic rings. The predicted octanol–water partition coefficient (Wildman–Crippen LogP) is -0.0132. The molecule has 3 N–H and O–H groups in total. The van der Waals surface area contributed by atoms with Crippen LogP contribution in [0.15, 0.2) is 12.3 Å². The Kier molecular flexibility index (Phi) is 3.86. The lowest BCUT2D eigenvalue weighted by Crippen LogP contribution is -1.83. The molecule has 1 aromatic rings. The molecule has 56 valence electrons. The molecule has 5 nitrogen and oxygen atoms in total. The van der Waals surface area contributed by atoms with E-state index in [1.54, 1.807) is 13.8 Å². The van der Waals surface area contributed by atoms with Gasteiger partial charge in [0.25, 0.3) is 0 Å². The zero-order valence-electron chi connectivity index (χ0n) is 6.13. The number of aromatic amines is 1. The molecular weight excluding hydrogens is 130 g/mol. The van der Waals surface area contributed by atoms with Gasteiger partial charge in [0.1, 0.15) is 0 Å². The Hall–Kier alpha value is -1.39. The van der Waals surface area contributed by atoms with Crippen LogP contribution in [0.25, 0.3) is 0 Å².